The number of carbonyl (C=O) groups is 2. The van der Waals surface area contributed by atoms with Crippen molar-refractivity contribution in [3.63, 3.8) is 0 Å². The summed E-state index contributed by atoms with van der Waals surface area (Å²) < 4.78 is 0. The number of carbonyl (C=O) groups excluding carboxylic acids is 2. The monoisotopic (exact) mass is 319 g/mol. The maximum absolute atomic E-state index is 12.6. The average Bonchev–Trinajstić information content (AvgIpc) is 2.58. The van der Waals surface area contributed by atoms with Gasteiger partial charge in [-0.25, -0.2) is 4.98 Å². The highest BCUT2D eigenvalue weighted by Gasteiger charge is 2.19. The summed E-state index contributed by atoms with van der Waals surface area (Å²) in [5.41, 5.74) is 0.684. The average molecular weight is 319 g/mol. The van der Waals surface area contributed by atoms with Crippen LogP contribution in [0.5, 0.6) is 0 Å². The fourth-order valence-corrected chi connectivity index (χ4v) is 2.38. The fourth-order valence-electron chi connectivity index (χ4n) is 2.38. The SMILES string of the molecule is CCCCN(C)C(=O)c1cccc(C(=O)N(CCC)CCC)n1. The number of nitrogens with zero attached hydrogens (tertiary/aromatic N) is 3. The molecule has 1 rings (SSSR count). The predicted octanol–water partition coefficient (Wildman–Crippen LogP) is 3.22. The number of rotatable bonds is 9. The Kier molecular flexibility index (Phi) is 8.30. The van der Waals surface area contributed by atoms with Crippen LogP contribution < -0.4 is 0 Å². The van der Waals surface area contributed by atoms with Gasteiger partial charge in [-0.2, -0.15) is 0 Å². The van der Waals surface area contributed by atoms with Crippen LogP contribution in [0.2, 0.25) is 0 Å². The first-order valence-corrected chi connectivity index (χ1v) is 8.56. The zero-order valence-electron chi connectivity index (χ0n) is 14.8. The number of pyridine rings is 1. The van der Waals surface area contributed by atoms with Crippen molar-refractivity contribution >= 4 is 11.8 Å². The summed E-state index contributed by atoms with van der Waals surface area (Å²) in [7, 11) is 1.77. The van der Waals surface area contributed by atoms with E-state index in [0.717, 1.165) is 25.7 Å². The van der Waals surface area contributed by atoms with Gasteiger partial charge in [-0.05, 0) is 31.4 Å². The third-order valence-electron chi connectivity index (χ3n) is 3.66. The summed E-state index contributed by atoms with van der Waals surface area (Å²) in [6, 6.07) is 5.09. The van der Waals surface area contributed by atoms with E-state index in [1.54, 1.807) is 35.0 Å². The second-order valence-electron chi connectivity index (χ2n) is 5.78. The van der Waals surface area contributed by atoms with E-state index in [1.807, 2.05) is 13.8 Å². The molecule has 2 amide bonds. The molecule has 0 N–H and O–H groups in total. The van der Waals surface area contributed by atoms with E-state index >= 15 is 0 Å². The molecular formula is C18H29N3O2. The van der Waals surface area contributed by atoms with Crippen LogP contribution in [0.1, 0.15) is 67.4 Å². The van der Waals surface area contributed by atoms with E-state index in [4.69, 9.17) is 0 Å². The van der Waals surface area contributed by atoms with Gasteiger partial charge in [0.25, 0.3) is 11.8 Å². The first kappa shape index (κ1) is 19.1. The molecule has 0 aliphatic heterocycles. The largest absolute Gasteiger partial charge is 0.340 e. The molecule has 5 heteroatoms. The molecule has 0 saturated carbocycles. The Labute approximate surface area is 139 Å². The second-order valence-corrected chi connectivity index (χ2v) is 5.78. The van der Waals surface area contributed by atoms with E-state index in [0.29, 0.717) is 31.0 Å². The van der Waals surface area contributed by atoms with Gasteiger partial charge >= 0.3 is 0 Å². The lowest BCUT2D eigenvalue weighted by atomic mass is 10.2. The third kappa shape index (κ3) is 5.66. The van der Waals surface area contributed by atoms with E-state index in [9.17, 15) is 9.59 Å². The zero-order valence-corrected chi connectivity index (χ0v) is 14.8. The molecule has 0 bridgehead atoms. The number of amides is 2. The van der Waals surface area contributed by atoms with Crippen LogP contribution in [0.4, 0.5) is 0 Å². The van der Waals surface area contributed by atoms with Crippen LogP contribution in [-0.4, -0.2) is 53.3 Å². The number of hydrogen-bond acceptors (Lipinski definition) is 3. The Morgan fingerprint density at radius 3 is 2.00 bits per heavy atom. The van der Waals surface area contributed by atoms with E-state index < -0.39 is 0 Å². The molecule has 0 atom stereocenters. The quantitative estimate of drug-likeness (QED) is 0.702. The third-order valence-corrected chi connectivity index (χ3v) is 3.66. The van der Waals surface area contributed by atoms with Crippen LogP contribution in [-0.2, 0) is 0 Å². The van der Waals surface area contributed by atoms with Crippen molar-refractivity contribution < 1.29 is 9.59 Å². The Morgan fingerprint density at radius 2 is 1.48 bits per heavy atom. The van der Waals surface area contributed by atoms with Crippen LogP contribution in [0.25, 0.3) is 0 Å². The number of hydrogen-bond donors (Lipinski definition) is 0. The number of aromatic nitrogens is 1. The summed E-state index contributed by atoms with van der Waals surface area (Å²) in [5, 5.41) is 0. The van der Waals surface area contributed by atoms with E-state index in [-0.39, 0.29) is 11.8 Å². The predicted molar refractivity (Wildman–Crippen MR) is 92.6 cm³/mol. The highest BCUT2D eigenvalue weighted by molar-refractivity contribution is 5.96. The maximum Gasteiger partial charge on any atom is 0.272 e. The normalized spacial score (nSPS) is 10.4. The summed E-state index contributed by atoms with van der Waals surface area (Å²) in [6.45, 7) is 8.31. The van der Waals surface area contributed by atoms with E-state index in [2.05, 4.69) is 11.9 Å². The molecular weight excluding hydrogens is 290 g/mol. The van der Waals surface area contributed by atoms with Gasteiger partial charge in [-0.1, -0.05) is 33.3 Å². The lowest BCUT2D eigenvalue weighted by Gasteiger charge is -2.21. The Balaban J connectivity index is 2.90. The van der Waals surface area contributed by atoms with Crippen molar-refractivity contribution in [1.29, 1.82) is 0 Å². The molecule has 0 spiro atoms. The van der Waals surface area contributed by atoms with Crippen molar-refractivity contribution in [3.8, 4) is 0 Å². The second kappa shape index (κ2) is 9.98. The molecule has 0 unspecified atom stereocenters. The molecule has 0 radical (unpaired) electrons. The maximum atomic E-state index is 12.6. The van der Waals surface area contributed by atoms with Gasteiger partial charge in [0.1, 0.15) is 11.4 Å². The van der Waals surface area contributed by atoms with E-state index in [1.165, 1.54) is 0 Å². The minimum absolute atomic E-state index is 0.0976. The van der Waals surface area contributed by atoms with Gasteiger partial charge in [0.05, 0.1) is 0 Å². The van der Waals surface area contributed by atoms with Crippen LogP contribution in [0.3, 0.4) is 0 Å². The van der Waals surface area contributed by atoms with Crippen LogP contribution >= 0.6 is 0 Å². The Morgan fingerprint density at radius 1 is 0.913 bits per heavy atom. The lowest BCUT2D eigenvalue weighted by Crippen LogP contribution is -2.34. The first-order valence-electron chi connectivity index (χ1n) is 8.56. The fraction of sp³-hybridized carbons (Fsp3) is 0.611. The molecule has 0 aliphatic carbocycles. The molecule has 0 saturated heterocycles. The summed E-state index contributed by atoms with van der Waals surface area (Å²) in [6.07, 6.45) is 3.81. The number of unbranched alkanes of at least 4 members (excludes halogenated alkanes) is 1. The molecule has 23 heavy (non-hydrogen) atoms. The summed E-state index contributed by atoms with van der Waals surface area (Å²) >= 11 is 0. The van der Waals surface area contributed by atoms with Crippen molar-refractivity contribution in [2.75, 3.05) is 26.7 Å². The van der Waals surface area contributed by atoms with Gasteiger partial charge in [-0.3, -0.25) is 9.59 Å². The summed E-state index contributed by atoms with van der Waals surface area (Å²) in [5.74, 6) is -0.231. The highest BCUT2D eigenvalue weighted by atomic mass is 16.2. The Hall–Kier alpha value is -1.91. The molecule has 1 heterocycles. The van der Waals surface area contributed by atoms with Gasteiger partial charge in [0.15, 0.2) is 0 Å². The smallest absolute Gasteiger partial charge is 0.272 e. The molecule has 1 aromatic rings. The molecule has 0 aliphatic rings. The molecule has 0 fully saturated rings. The zero-order chi connectivity index (χ0) is 17.2. The first-order chi connectivity index (χ1) is 11.0. The van der Waals surface area contributed by atoms with Crippen molar-refractivity contribution in [2.24, 2.45) is 0 Å². The van der Waals surface area contributed by atoms with Gasteiger partial charge in [0, 0.05) is 26.7 Å². The molecule has 128 valence electrons. The van der Waals surface area contributed by atoms with Gasteiger partial charge < -0.3 is 9.80 Å². The summed E-state index contributed by atoms with van der Waals surface area (Å²) in [4.78, 5) is 32.7. The molecule has 1 aromatic heterocycles. The standard InChI is InChI=1S/C18H29N3O2/c1-5-8-14-20(4)17(22)15-10-9-11-16(19-15)18(23)21(12-6-2)13-7-3/h9-11H,5-8,12-14H2,1-4H3. The minimum Gasteiger partial charge on any atom is -0.340 e. The highest BCUT2D eigenvalue weighted by Crippen LogP contribution is 2.08. The molecule has 0 aromatic carbocycles. The van der Waals surface area contributed by atoms with Crippen molar-refractivity contribution in [1.82, 2.24) is 14.8 Å². The van der Waals surface area contributed by atoms with Gasteiger partial charge in [-0.15, -0.1) is 0 Å². The van der Waals surface area contributed by atoms with Crippen LogP contribution in [0, 0.1) is 0 Å². The van der Waals surface area contributed by atoms with Crippen molar-refractivity contribution in [3.05, 3.63) is 29.6 Å². The van der Waals surface area contributed by atoms with Gasteiger partial charge in [0.2, 0.25) is 0 Å². The minimum atomic E-state index is -0.134. The Bertz CT molecular complexity index is 511. The van der Waals surface area contributed by atoms with Crippen LogP contribution in [0.15, 0.2) is 18.2 Å². The topological polar surface area (TPSA) is 53.5 Å². The van der Waals surface area contributed by atoms with Crippen molar-refractivity contribution in [2.45, 2.75) is 46.5 Å². The lowest BCUT2D eigenvalue weighted by molar-refractivity contribution is 0.0748. The molecule has 5 nitrogen and oxygen atoms in total.